The van der Waals surface area contributed by atoms with Gasteiger partial charge in [-0.3, -0.25) is 9.59 Å². The van der Waals surface area contributed by atoms with Crippen molar-refractivity contribution in [2.45, 2.75) is 31.6 Å². The molecule has 2 heterocycles. The molecule has 3 aromatic rings. The molecule has 2 saturated heterocycles. The number of likely N-dealkylation sites (tertiary alicyclic amines) is 1. The summed E-state index contributed by atoms with van der Waals surface area (Å²) in [4.78, 5) is 28.7. The number of rotatable bonds is 6. The molecule has 0 N–H and O–H groups in total. The number of amides is 1. The fraction of sp³-hybridized carbons (Fsp3) is 0.286. The predicted octanol–water partition coefficient (Wildman–Crippen LogP) is 4.59. The summed E-state index contributed by atoms with van der Waals surface area (Å²) >= 11 is 0. The van der Waals surface area contributed by atoms with Crippen molar-refractivity contribution in [3.63, 3.8) is 0 Å². The summed E-state index contributed by atoms with van der Waals surface area (Å²) in [5.41, 5.74) is -0.446. The molecule has 0 spiro atoms. The van der Waals surface area contributed by atoms with Gasteiger partial charge in [-0.2, -0.15) is 0 Å². The van der Waals surface area contributed by atoms with Crippen molar-refractivity contribution in [1.29, 1.82) is 0 Å². The van der Waals surface area contributed by atoms with Gasteiger partial charge in [0.2, 0.25) is 0 Å². The van der Waals surface area contributed by atoms with E-state index >= 15 is 0 Å². The second kappa shape index (κ2) is 8.89. The number of esters is 1. The van der Waals surface area contributed by atoms with Gasteiger partial charge in [-0.25, -0.2) is 8.78 Å². The van der Waals surface area contributed by atoms with E-state index in [1.165, 1.54) is 24.3 Å². The number of hydrogen-bond donors (Lipinski definition) is 0. The molecule has 180 valence electrons. The van der Waals surface area contributed by atoms with Gasteiger partial charge in [0.05, 0.1) is 6.61 Å². The van der Waals surface area contributed by atoms with Gasteiger partial charge in [0, 0.05) is 19.5 Å². The highest BCUT2D eigenvalue weighted by Gasteiger charge is 2.69. The molecule has 2 atom stereocenters. The van der Waals surface area contributed by atoms with E-state index in [4.69, 9.17) is 9.47 Å². The molecular weight excluding hydrogens is 452 g/mol. The zero-order valence-corrected chi connectivity index (χ0v) is 19.2. The van der Waals surface area contributed by atoms with Crippen molar-refractivity contribution in [2.75, 3.05) is 13.2 Å². The minimum atomic E-state index is -1.27. The summed E-state index contributed by atoms with van der Waals surface area (Å²) in [6.45, 7) is 2.32. The lowest BCUT2D eigenvalue weighted by Crippen LogP contribution is -2.41. The van der Waals surface area contributed by atoms with Gasteiger partial charge in [-0.05, 0) is 47.9 Å². The van der Waals surface area contributed by atoms with Crippen LogP contribution in [0.3, 0.4) is 0 Å². The molecule has 7 heteroatoms. The molecule has 2 aliphatic heterocycles. The Labute approximate surface area is 202 Å². The summed E-state index contributed by atoms with van der Waals surface area (Å²) in [7, 11) is 0. The van der Waals surface area contributed by atoms with Crippen LogP contribution >= 0.6 is 0 Å². The lowest BCUT2D eigenvalue weighted by Gasteiger charge is -2.33. The van der Waals surface area contributed by atoms with E-state index in [2.05, 4.69) is 0 Å². The molecule has 0 aromatic heterocycles. The molecule has 2 aliphatic rings. The SMILES string of the molecule is CCOC(=O)[C@]12CN(Cc3ccccc3)C(=O)C1OC(c1ccc(F)cc1)(c1ccc(F)cc1)C2. The van der Waals surface area contributed by atoms with E-state index in [0.717, 1.165) is 5.56 Å². The first-order valence-electron chi connectivity index (χ1n) is 11.6. The van der Waals surface area contributed by atoms with Gasteiger partial charge in [0.25, 0.3) is 5.91 Å². The van der Waals surface area contributed by atoms with E-state index in [1.54, 1.807) is 36.1 Å². The largest absolute Gasteiger partial charge is 0.465 e. The number of carbonyl (C=O) groups excluding carboxylic acids is 2. The maximum atomic E-state index is 13.8. The second-order valence-corrected chi connectivity index (χ2v) is 9.07. The number of halogens is 2. The van der Waals surface area contributed by atoms with E-state index in [-0.39, 0.29) is 25.5 Å². The lowest BCUT2D eigenvalue weighted by atomic mass is 9.73. The van der Waals surface area contributed by atoms with Crippen molar-refractivity contribution in [2.24, 2.45) is 5.41 Å². The molecule has 1 amide bonds. The number of benzene rings is 3. The van der Waals surface area contributed by atoms with Crippen molar-refractivity contribution in [1.82, 2.24) is 4.90 Å². The highest BCUT2D eigenvalue weighted by atomic mass is 19.1. The Balaban J connectivity index is 1.60. The fourth-order valence-electron chi connectivity index (χ4n) is 5.30. The average molecular weight is 478 g/mol. The molecular formula is C28H25F2NO4. The summed E-state index contributed by atoms with van der Waals surface area (Å²) in [5.74, 6) is -1.68. The molecule has 5 rings (SSSR count). The first kappa shape index (κ1) is 23.2. The fourth-order valence-corrected chi connectivity index (χ4v) is 5.30. The monoisotopic (exact) mass is 477 g/mol. The topological polar surface area (TPSA) is 55.8 Å². The Hall–Kier alpha value is -3.58. The molecule has 0 bridgehead atoms. The van der Waals surface area contributed by atoms with Gasteiger partial charge in [0.15, 0.2) is 6.10 Å². The van der Waals surface area contributed by atoms with Gasteiger partial charge >= 0.3 is 5.97 Å². The van der Waals surface area contributed by atoms with Crippen LogP contribution in [-0.4, -0.2) is 36.0 Å². The van der Waals surface area contributed by atoms with Crippen LogP contribution in [0.5, 0.6) is 0 Å². The summed E-state index contributed by atoms with van der Waals surface area (Å²) < 4.78 is 39.6. The van der Waals surface area contributed by atoms with Crippen LogP contribution in [0.1, 0.15) is 30.0 Å². The smallest absolute Gasteiger partial charge is 0.317 e. The summed E-state index contributed by atoms with van der Waals surface area (Å²) in [6, 6.07) is 21.0. The number of fused-ring (bicyclic) bond motifs is 1. The molecule has 5 nitrogen and oxygen atoms in total. The molecule has 0 saturated carbocycles. The Morgan fingerprint density at radius 3 is 2.09 bits per heavy atom. The number of ether oxygens (including phenoxy) is 2. The molecule has 35 heavy (non-hydrogen) atoms. The summed E-state index contributed by atoms with van der Waals surface area (Å²) in [5, 5.41) is 0. The van der Waals surface area contributed by atoms with Crippen LogP contribution in [0.2, 0.25) is 0 Å². The minimum Gasteiger partial charge on any atom is -0.465 e. The third kappa shape index (κ3) is 3.90. The Kier molecular flexibility index (Phi) is 5.89. The van der Waals surface area contributed by atoms with Crippen LogP contribution in [0, 0.1) is 17.0 Å². The van der Waals surface area contributed by atoms with Crippen molar-refractivity contribution in [3.8, 4) is 0 Å². The Morgan fingerprint density at radius 1 is 0.971 bits per heavy atom. The van der Waals surface area contributed by atoms with Gasteiger partial charge in [0.1, 0.15) is 22.7 Å². The molecule has 3 aromatic carbocycles. The van der Waals surface area contributed by atoms with Crippen molar-refractivity contribution < 1.29 is 27.8 Å². The van der Waals surface area contributed by atoms with Crippen LogP contribution in [0.15, 0.2) is 78.9 Å². The van der Waals surface area contributed by atoms with Crippen LogP contribution in [0.25, 0.3) is 0 Å². The van der Waals surface area contributed by atoms with Crippen molar-refractivity contribution >= 4 is 11.9 Å². The number of carbonyl (C=O) groups is 2. The third-order valence-corrected chi connectivity index (χ3v) is 6.91. The van der Waals surface area contributed by atoms with Crippen molar-refractivity contribution in [3.05, 3.63) is 107 Å². The lowest BCUT2D eigenvalue weighted by molar-refractivity contribution is -0.158. The van der Waals surface area contributed by atoms with Gasteiger partial charge in [-0.1, -0.05) is 54.6 Å². The molecule has 0 aliphatic carbocycles. The molecule has 1 unspecified atom stereocenters. The van der Waals surface area contributed by atoms with Crippen LogP contribution in [-0.2, 0) is 31.2 Å². The van der Waals surface area contributed by atoms with Crippen LogP contribution in [0.4, 0.5) is 8.78 Å². The average Bonchev–Trinajstić information content (AvgIpc) is 3.34. The van der Waals surface area contributed by atoms with Gasteiger partial charge < -0.3 is 14.4 Å². The van der Waals surface area contributed by atoms with E-state index < -0.39 is 34.7 Å². The minimum absolute atomic E-state index is 0.0950. The van der Waals surface area contributed by atoms with Crippen LogP contribution < -0.4 is 0 Å². The molecule has 2 fully saturated rings. The third-order valence-electron chi connectivity index (χ3n) is 6.91. The van der Waals surface area contributed by atoms with E-state index in [1.807, 2.05) is 30.3 Å². The quantitative estimate of drug-likeness (QED) is 0.488. The maximum absolute atomic E-state index is 13.8. The zero-order valence-electron chi connectivity index (χ0n) is 19.2. The second-order valence-electron chi connectivity index (χ2n) is 9.07. The predicted molar refractivity (Wildman–Crippen MR) is 124 cm³/mol. The number of hydrogen-bond acceptors (Lipinski definition) is 4. The Morgan fingerprint density at radius 2 is 1.54 bits per heavy atom. The Bertz CT molecular complexity index is 1180. The van der Waals surface area contributed by atoms with Gasteiger partial charge in [-0.15, -0.1) is 0 Å². The maximum Gasteiger partial charge on any atom is 0.317 e. The first-order chi connectivity index (χ1) is 16.9. The summed E-state index contributed by atoms with van der Waals surface area (Å²) in [6.07, 6.45) is -1.00. The normalized spacial score (nSPS) is 22.8. The highest BCUT2D eigenvalue weighted by molar-refractivity contribution is 5.95. The molecule has 0 radical (unpaired) electrons. The highest BCUT2D eigenvalue weighted by Crippen LogP contribution is 2.57. The zero-order chi connectivity index (χ0) is 24.6. The standard InChI is InChI=1S/C28H25F2NO4/c1-2-34-26(33)27-17-28(20-8-12-22(29)13-9-20,21-10-14-23(30)15-11-21)35-24(27)25(32)31(18-27)16-19-6-4-3-5-7-19/h3-15,24H,2,16-18H2,1H3/t24?,27-/m1/s1. The van der Waals surface area contributed by atoms with E-state index in [0.29, 0.717) is 17.7 Å². The first-order valence-corrected chi connectivity index (χ1v) is 11.6. The van der Waals surface area contributed by atoms with E-state index in [9.17, 15) is 18.4 Å². The number of nitrogens with zero attached hydrogens (tertiary/aromatic N) is 1.